The van der Waals surface area contributed by atoms with E-state index in [1.54, 1.807) is 6.07 Å². The average molecular weight is 320 g/mol. The van der Waals surface area contributed by atoms with Gasteiger partial charge in [0.15, 0.2) is 0 Å². The van der Waals surface area contributed by atoms with E-state index in [0.717, 1.165) is 10.0 Å². The average Bonchev–Trinajstić information content (AvgIpc) is 2.39. The van der Waals surface area contributed by atoms with Crippen LogP contribution in [0.4, 0.5) is 0 Å². The predicted octanol–water partition coefficient (Wildman–Crippen LogP) is 4.57. The van der Waals surface area contributed by atoms with Crippen LogP contribution < -0.4 is 5.32 Å². The van der Waals surface area contributed by atoms with E-state index in [0.29, 0.717) is 5.75 Å². The fourth-order valence-corrected chi connectivity index (χ4v) is 2.43. The minimum Gasteiger partial charge on any atom is -0.508 e. The van der Waals surface area contributed by atoms with Crippen LogP contribution in [0.2, 0.25) is 0 Å². The number of para-hydroxylation sites is 1. The molecule has 1 unspecified atom stereocenters. The first-order valence-corrected chi connectivity index (χ1v) is 7.16. The number of hydrogen-bond donors (Lipinski definition) is 2. The van der Waals surface area contributed by atoms with Crippen molar-refractivity contribution < 1.29 is 5.11 Å². The molecule has 100 valence electrons. The molecule has 2 aromatic carbocycles. The summed E-state index contributed by atoms with van der Waals surface area (Å²) in [6.45, 7) is 4.18. The van der Waals surface area contributed by atoms with Crippen LogP contribution in [0, 0.1) is 0 Å². The first kappa shape index (κ1) is 14.1. The minimum absolute atomic E-state index is 0.0971. The second kappa shape index (κ2) is 6.22. The molecular formula is C16H18BrNO. The highest BCUT2D eigenvalue weighted by atomic mass is 79.9. The van der Waals surface area contributed by atoms with Gasteiger partial charge in [-0.3, -0.25) is 0 Å². The monoisotopic (exact) mass is 319 g/mol. The van der Waals surface area contributed by atoms with Crippen molar-refractivity contribution in [3.05, 3.63) is 64.1 Å². The molecule has 0 aliphatic rings. The lowest BCUT2D eigenvalue weighted by atomic mass is 10.0. The summed E-state index contributed by atoms with van der Waals surface area (Å²) < 4.78 is 1.08. The van der Waals surface area contributed by atoms with E-state index >= 15 is 0 Å². The normalized spacial score (nSPS) is 14.1. The van der Waals surface area contributed by atoms with Gasteiger partial charge in [-0.2, -0.15) is 0 Å². The van der Waals surface area contributed by atoms with Crippen LogP contribution in [0.3, 0.4) is 0 Å². The van der Waals surface area contributed by atoms with Crippen molar-refractivity contribution in [3.63, 3.8) is 0 Å². The van der Waals surface area contributed by atoms with E-state index in [2.05, 4.69) is 47.2 Å². The Labute approximate surface area is 122 Å². The molecule has 19 heavy (non-hydrogen) atoms. The first-order chi connectivity index (χ1) is 9.08. The highest BCUT2D eigenvalue weighted by Gasteiger charge is 2.13. The molecule has 2 atom stereocenters. The number of aromatic hydroxyl groups is 1. The Balaban J connectivity index is 2.08. The molecular weight excluding hydrogens is 302 g/mol. The summed E-state index contributed by atoms with van der Waals surface area (Å²) in [6.07, 6.45) is 0. The SMILES string of the molecule is CC(N[C@H](C)c1ccc(Br)cc1)c1ccccc1O. The summed E-state index contributed by atoms with van der Waals surface area (Å²) in [6, 6.07) is 16.0. The van der Waals surface area contributed by atoms with E-state index in [9.17, 15) is 5.11 Å². The third-order valence-electron chi connectivity index (χ3n) is 3.27. The van der Waals surface area contributed by atoms with Crippen LogP contribution in [0.1, 0.15) is 37.1 Å². The maximum atomic E-state index is 9.85. The molecule has 0 radical (unpaired) electrons. The van der Waals surface area contributed by atoms with Gasteiger partial charge in [0.2, 0.25) is 0 Å². The van der Waals surface area contributed by atoms with E-state index in [-0.39, 0.29) is 12.1 Å². The lowest BCUT2D eigenvalue weighted by Gasteiger charge is -2.21. The Morgan fingerprint density at radius 3 is 2.21 bits per heavy atom. The van der Waals surface area contributed by atoms with E-state index < -0.39 is 0 Å². The molecule has 2 rings (SSSR count). The van der Waals surface area contributed by atoms with Gasteiger partial charge in [-0.1, -0.05) is 46.3 Å². The van der Waals surface area contributed by atoms with E-state index in [1.807, 2.05) is 30.3 Å². The van der Waals surface area contributed by atoms with Gasteiger partial charge in [-0.25, -0.2) is 0 Å². The van der Waals surface area contributed by atoms with E-state index in [1.165, 1.54) is 5.56 Å². The molecule has 0 fully saturated rings. The zero-order valence-electron chi connectivity index (χ0n) is 11.1. The van der Waals surface area contributed by atoms with E-state index in [4.69, 9.17) is 0 Å². The maximum absolute atomic E-state index is 9.85. The molecule has 0 aliphatic heterocycles. The summed E-state index contributed by atoms with van der Waals surface area (Å²) in [5, 5.41) is 13.4. The molecule has 2 aromatic rings. The molecule has 0 amide bonds. The fraction of sp³-hybridized carbons (Fsp3) is 0.250. The molecule has 2 nitrogen and oxygen atoms in total. The summed E-state index contributed by atoms with van der Waals surface area (Å²) >= 11 is 3.44. The van der Waals surface area contributed by atoms with Crippen molar-refractivity contribution in [1.82, 2.24) is 5.32 Å². The lowest BCUT2D eigenvalue weighted by Crippen LogP contribution is -2.22. The number of nitrogens with one attached hydrogen (secondary N) is 1. The summed E-state index contributed by atoms with van der Waals surface area (Å²) in [4.78, 5) is 0. The Kier molecular flexibility index (Phi) is 4.61. The molecule has 0 spiro atoms. The van der Waals surface area contributed by atoms with Crippen LogP contribution in [-0.2, 0) is 0 Å². The smallest absolute Gasteiger partial charge is 0.120 e. The quantitative estimate of drug-likeness (QED) is 0.865. The van der Waals surface area contributed by atoms with Crippen LogP contribution in [0.15, 0.2) is 53.0 Å². The minimum atomic E-state index is 0.0971. The Hall–Kier alpha value is -1.32. The molecule has 2 N–H and O–H groups in total. The van der Waals surface area contributed by atoms with Gasteiger partial charge in [-0.15, -0.1) is 0 Å². The standard InChI is InChI=1S/C16H18BrNO/c1-11(13-7-9-14(17)10-8-13)18-12(2)15-5-3-4-6-16(15)19/h3-12,18-19H,1-2H3/t11-,12?/m1/s1. The second-order valence-electron chi connectivity index (χ2n) is 4.72. The molecule has 0 aromatic heterocycles. The molecule has 0 aliphatic carbocycles. The number of halogens is 1. The Morgan fingerprint density at radius 1 is 0.947 bits per heavy atom. The third kappa shape index (κ3) is 3.58. The van der Waals surface area contributed by atoms with Crippen LogP contribution in [0.25, 0.3) is 0 Å². The van der Waals surface area contributed by atoms with Crippen molar-refractivity contribution >= 4 is 15.9 Å². The van der Waals surface area contributed by atoms with Crippen LogP contribution >= 0.6 is 15.9 Å². The zero-order valence-corrected chi connectivity index (χ0v) is 12.7. The number of rotatable bonds is 4. The maximum Gasteiger partial charge on any atom is 0.120 e. The van der Waals surface area contributed by atoms with Gasteiger partial charge in [0.1, 0.15) is 5.75 Å². The number of benzene rings is 2. The molecule has 0 saturated heterocycles. The van der Waals surface area contributed by atoms with Gasteiger partial charge in [0, 0.05) is 22.1 Å². The first-order valence-electron chi connectivity index (χ1n) is 6.37. The van der Waals surface area contributed by atoms with Crippen molar-refractivity contribution in [3.8, 4) is 5.75 Å². The Bertz CT molecular complexity index is 539. The van der Waals surface area contributed by atoms with Gasteiger partial charge in [0.25, 0.3) is 0 Å². The van der Waals surface area contributed by atoms with Crippen molar-refractivity contribution in [2.24, 2.45) is 0 Å². The summed E-state index contributed by atoms with van der Waals surface area (Å²) in [5.74, 6) is 0.338. The third-order valence-corrected chi connectivity index (χ3v) is 3.80. The molecule has 0 heterocycles. The summed E-state index contributed by atoms with van der Waals surface area (Å²) in [7, 11) is 0. The van der Waals surface area contributed by atoms with Crippen LogP contribution in [-0.4, -0.2) is 5.11 Å². The number of phenols is 1. The zero-order chi connectivity index (χ0) is 13.8. The predicted molar refractivity (Wildman–Crippen MR) is 82.2 cm³/mol. The van der Waals surface area contributed by atoms with Crippen LogP contribution in [0.5, 0.6) is 5.75 Å². The molecule has 0 bridgehead atoms. The number of hydrogen-bond acceptors (Lipinski definition) is 2. The van der Waals surface area contributed by atoms with Crippen molar-refractivity contribution in [2.45, 2.75) is 25.9 Å². The van der Waals surface area contributed by atoms with Gasteiger partial charge >= 0.3 is 0 Å². The van der Waals surface area contributed by atoms with Crippen molar-refractivity contribution in [1.29, 1.82) is 0 Å². The van der Waals surface area contributed by atoms with Gasteiger partial charge < -0.3 is 10.4 Å². The lowest BCUT2D eigenvalue weighted by molar-refractivity contribution is 0.438. The van der Waals surface area contributed by atoms with Gasteiger partial charge in [0.05, 0.1) is 0 Å². The van der Waals surface area contributed by atoms with Gasteiger partial charge in [-0.05, 0) is 37.6 Å². The molecule has 3 heteroatoms. The fourth-order valence-electron chi connectivity index (χ4n) is 2.17. The summed E-state index contributed by atoms with van der Waals surface area (Å²) in [5.41, 5.74) is 2.15. The highest BCUT2D eigenvalue weighted by molar-refractivity contribution is 9.10. The largest absolute Gasteiger partial charge is 0.508 e. The Morgan fingerprint density at radius 2 is 1.58 bits per heavy atom. The topological polar surface area (TPSA) is 32.3 Å². The second-order valence-corrected chi connectivity index (χ2v) is 5.64. The molecule has 0 saturated carbocycles. The number of phenolic OH excluding ortho intramolecular Hbond substituents is 1. The highest BCUT2D eigenvalue weighted by Crippen LogP contribution is 2.26. The van der Waals surface area contributed by atoms with Crippen molar-refractivity contribution in [2.75, 3.05) is 0 Å².